The highest BCUT2D eigenvalue weighted by atomic mass is 16.5. The first-order valence-corrected chi connectivity index (χ1v) is 9.66. The van der Waals surface area contributed by atoms with Crippen LogP contribution in [0.5, 0.6) is 0 Å². The molecule has 0 aromatic rings. The van der Waals surface area contributed by atoms with Crippen molar-refractivity contribution < 1.29 is 19.0 Å². The first-order valence-electron chi connectivity index (χ1n) is 9.66. The molecule has 0 spiro atoms. The van der Waals surface area contributed by atoms with Crippen LogP contribution in [-0.2, 0) is 19.0 Å². The summed E-state index contributed by atoms with van der Waals surface area (Å²) in [5.74, 6) is 0.210. The smallest absolute Gasteiger partial charge is 0.222 e. The van der Waals surface area contributed by atoms with E-state index in [1.165, 1.54) is 0 Å². The van der Waals surface area contributed by atoms with E-state index in [0.717, 1.165) is 39.0 Å². The molecule has 6 heteroatoms. The van der Waals surface area contributed by atoms with Crippen LogP contribution in [0.15, 0.2) is 0 Å². The molecular weight excluding hydrogens is 320 g/mol. The minimum absolute atomic E-state index is 0.210. The minimum Gasteiger partial charge on any atom is -0.379 e. The molecule has 0 aromatic heterocycles. The summed E-state index contributed by atoms with van der Waals surface area (Å²) in [5, 5.41) is 0. The second kappa shape index (κ2) is 16.8. The van der Waals surface area contributed by atoms with E-state index in [0.29, 0.717) is 45.5 Å². The van der Waals surface area contributed by atoms with Crippen molar-refractivity contribution in [2.24, 2.45) is 0 Å². The summed E-state index contributed by atoms with van der Waals surface area (Å²) in [7, 11) is 3.98. The van der Waals surface area contributed by atoms with E-state index in [-0.39, 0.29) is 5.91 Å². The molecule has 0 atom stereocenters. The van der Waals surface area contributed by atoms with Crippen LogP contribution in [0.25, 0.3) is 0 Å². The molecule has 6 nitrogen and oxygen atoms in total. The Hall–Kier alpha value is -0.690. The predicted molar refractivity (Wildman–Crippen MR) is 102 cm³/mol. The van der Waals surface area contributed by atoms with Gasteiger partial charge in [0.2, 0.25) is 5.91 Å². The Morgan fingerprint density at radius 3 is 1.80 bits per heavy atom. The van der Waals surface area contributed by atoms with Crippen molar-refractivity contribution in [3.05, 3.63) is 0 Å². The molecule has 0 aliphatic rings. The zero-order valence-corrected chi connectivity index (χ0v) is 17.1. The van der Waals surface area contributed by atoms with Gasteiger partial charge in [-0.2, -0.15) is 0 Å². The fourth-order valence-corrected chi connectivity index (χ4v) is 2.15. The van der Waals surface area contributed by atoms with Crippen LogP contribution in [0, 0.1) is 0 Å². The zero-order chi connectivity index (χ0) is 18.9. The molecule has 25 heavy (non-hydrogen) atoms. The molecule has 0 N–H and O–H groups in total. The number of amides is 1. The van der Waals surface area contributed by atoms with Crippen LogP contribution in [-0.4, -0.2) is 88.6 Å². The molecule has 0 radical (unpaired) electrons. The number of hydrogen-bond acceptors (Lipinski definition) is 5. The van der Waals surface area contributed by atoms with Gasteiger partial charge in [-0.05, 0) is 40.2 Å². The molecule has 0 fully saturated rings. The molecule has 1 amide bonds. The first-order chi connectivity index (χ1) is 12.0. The fraction of sp³-hybridized carbons (Fsp3) is 0.947. The molecule has 0 bridgehead atoms. The van der Waals surface area contributed by atoms with Crippen molar-refractivity contribution in [3.8, 4) is 0 Å². The maximum absolute atomic E-state index is 11.6. The lowest BCUT2D eigenvalue weighted by Crippen LogP contribution is -2.28. The Kier molecular flexibility index (Phi) is 16.3. The fourth-order valence-electron chi connectivity index (χ4n) is 2.15. The highest BCUT2D eigenvalue weighted by Crippen LogP contribution is 1.97. The maximum atomic E-state index is 11.6. The molecule has 150 valence electrons. The molecule has 0 saturated heterocycles. The Morgan fingerprint density at radius 1 is 0.840 bits per heavy atom. The van der Waals surface area contributed by atoms with Gasteiger partial charge in [0.25, 0.3) is 0 Å². The summed E-state index contributed by atoms with van der Waals surface area (Å²) in [6.07, 6.45) is 3.43. The van der Waals surface area contributed by atoms with Gasteiger partial charge in [0.1, 0.15) is 0 Å². The Morgan fingerprint density at radius 2 is 1.32 bits per heavy atom. The zero-order valence-electron chi connectivity index (χ0n) is 17.1. The summed E-state index contributed by atoms with van der Waals surface area (Å²) in [6.45, 7) is 12.1. The normalized spacial score (nSPS) is 11.5. The van der Waals surface area contributed by atoms with E-state index in [9.17, 15) is 4.79 Å². The molecule has 0 aliphatic carbocycles. The summed E-state index contributed by atoms with van der Waals surface area (Å²) in [6, 6.07) is 0.584. The molecule has 0 aliphatic heterocycles. The molecule has 0 unspecified atom stereocenters. The van der Waals surface area contributed by atoms with Gasteiger partial charge < -0.3 is 24.0 Å². The molecule has 0 heterocycles. The third-order valence-electron chi connectivity index (χ3n) is 4.10. The molecule has 0 rings (SSSR count). The van der Waals surface area contributed by atoms with Crippen molar-refractivity contribution >= 4 is 5.91 Å². The van der Waals surface area contributed by atoms with Crippen LogP contribution >= 0.6 is 0 Å². The number of ether oxygens (including phenoxy) is 3. The summed E-state index contributed by atoms with van der Waals surface area (Å²) < 4.78 is 16.5. The van der Waals surface area contributed by atoms with Crippen molar-refractivity contribution in [1.29, 1.82) is 0 Å². The van der Waals surface area contributed by atoms with Crippen LogP contribution < -0.4 is 0 Å². The van der Waals surface area contributed by atoms with Crippen molar-refractivity contribution in [1.82, 2.24) is 9.80 Å². The first kappa shape index (κ1) is 24.3. The van der Waals surface area contributed by atoms with E-state index < -0.39 is 0 Å². The van der Waals surface area contributed by atoms with Gasteiger partial charge >= 0.3 is 0 Å². The molecule has 0 saturated carbocycles. The lowest BCUT2D eigenvalue weighted by atomic mass is 10.3. The van der Waals surface area contributed by atoms with Crippen LogP contribution in [0.1, 0.15) is 46.5 Å². The van der Waals surface area contributed by atoms with E-state index in [1.54, 1.807) is 4.90 Å². The second-order valence-corrected chi connectivity index (χ2v) is 6.68. The van der Waals surface area contributed by atoms with Gasteiger partial charge in [0.05, 0.1) is 26.4 Å². The van der Waals surface area contributed by atoms with Crippen molar-refractivity contribution in [2.45, 2.75) is 52.5 Å². The number of carbonyl (C=O) groups is 1. The lowest BCUT2D eigenvalue weighted by molar-refractivity contribution is -0.130. The van der Waals surface area contributed by atoms with Gasteiger partial charge in [0.15, 0.2) is 0 Å². The maximum Gasteiger partial charge on any atom is 0.222 e. The highest BCUT2D eigenvalue weighted by molar-refractivity contribution is 5.75. The van der Waals surface area contributed by atoms with E-state index in [4.69, 9.17) is 14.2 Å². The Bertz CT molecular complexity index is 314. The van der Waals surface area contributed by atoms with Crippen molar-refractivity contribution in [2.75, 3.05) is 66.8 Å². The number of carbonyl (C=O) groups excluding carboxylic acids is 1. The van der Waals surface area contributed by atoms with Gasteiger partial charge in [-0.3, -0.25) is 4.79 Å². The van der Waals surface area contributed by atoms with Gasteiger partial charge in [0, 0.05) is 45.8 Å². The minimum atomic E-state index is 0.210. The highest BCUT2D eigenvalue weighted by Gasteiger charge is 2.06. The molecule has 0 aromatic carbocycles. The predicted octanol–water partition coefficient (Wildman–Crippen LogP) is 2.42. The van der Waals surface area contributed by atoms with Crippen LogP contribution in [0.3, 0.4) is 0 Å². The SMILES string of the molecule is CCCC(=O)N(C)CCCOCCOCCOCCCN(C)C(C)C. The number of nitrogens with zero attached hydrogens (tertiary/aromatic N) is 2. The monoisotopic (exact) mass is 360 g/mol. The second-order valence-electron chi connectivity index (χ2n) is 6.68. The van der Waals surface area contributed by atoms with Gasteiger partial charge in [-0.1, -0.05) is 6.92 Å². The van der Waals surface area contributed by atoms with Crippen LogP contribution in [0.2, 0.25) is 0 Å². The average molecular weight is 361 g/mol. The largest absolute Gasteiger partial charge is 0.379 e. The van der Waals surface area contributed by atoms with Gasteiger partial charge in [-0.25, -0.2) is 0 Å². The van der Waals surface area contributed by atoms with Crippen LogP contribution in [0.4, 0.5) is 0 Å². The summed E-state index contributed by atoms with van der Waals surface area (Å²) >= 11 is 0. The Labute approximate surface area is 154 Å². The van der Waals surface area contributed by atoms with Gasteiger partial charge in [-0.15, -0.1) is 0 Å². The standard InChI is InChI=1S/C19H40N2O4/c1-6-9-19(22)21(5)11-8-13-24-15-17-25-16-14-23-12-7-10-20(4)18(2)3/h18H,6-17H2,1-5H3. The number of rotatable bonds is 17. The molecular formula is C19H40N2O4. The average Bonchev–Trinajstić information content (AvgIpc) is 2.58. The lowest BCUT2D eigenvalue weighted by Gasteiger charge is -2.20. The topological polar surface area (TPSA) is 51.2 Å². The van der Waals surface area contributed by atoms with E-state index in [1.807, 2.05) is 14.0 Å². The number of hydrogen-bond donors (Lipinski definition) is 0. The third kappa shape index (κ3) is 15.3. The van der Waals surface area contributed by atoms with E-state index >= 15 is 0 Å². The van der Waals surface area contributed by atoms with Crippen molar-refractivity contribution in [3.63, 3.8) is 0 Å². The van der Waals surface area contributed by atoms with E-state index in [2.05, 4.69) is 25.8 Å². The summed E-state index contributed by atoms with van der Waals surface area (Å²) in [5.41, 5.74) is 0. The third-order valence-corrected chi connectivity index (χ3v) is 4.10. The quantitative estimate of drug-likeness (QED) is 0.373. The Balaban J connectivity index is 3.23. The summed E-state index contributed by atoms with van der Waals surface area (Å²) in [4.78, 5) is 15.7.